The lowest BCUT2D eigenvalue weighted by molar-refractivity contribution is 0.0677. The minimum absolute atomic E-state index is 0.0111. The minimum atomic E-state index is -0.0111. The molecule has 5 heteroatoms. The van der Waals surface area contributed by atoms with Gasteiger partial charge in [0, 0.05) is 25.1 Å². The van der Waals surface area contributed by atoms with Gasteiger partial charge in [-0.3, -0.25) is 0 Å². The van der Waals surface area contributed by atoms with Gasteiger partial charge in [-0.25, -0.2) is 4.98 Å². The molecule has 0 spiro atoms. The van der Waals surface area contributed by atoms with Crippen molar-refractivity contribution in [1.82, 2.24) is 14.7 Å². The van der Waals surface area contributed by atoms with Crippen LogP contribution in [0.4, 0.5) is 0 Å². The first kappa shape index (κ1) is 11.9. The van der Waals surface area contributed by atoms with Crippen molar-refractivity contribution in [2.75, 3.05) is 6.61 Å². The van der Waals surface area contributed by atoms with Gasteiger partial charge in [0.2, 0.25) is 0 Å². The first-order valence-corrected chi connectivity index (χ1v) is 5.75. The molecule has 0 N–H and O–H groups in total. The van der Waals surface area contributed by atoms with E-state index in [0.717, 1.165) is 17.3 Å². The van der Waals surface area contributed by atoms with Crippen LogP contribution in [0.3, 0.4) is 0 Å². The zero-order valence-electron chi connectivity index (χ0n) is 10.4. The van der Waals surface area contributed by atoms with Crippen LogP contribution in [0, 0.1) is 6.92 Å². The summed E-state index contributed by atoms with van der Waals surface area (Å²) < 4.78 is 12.6. The molecule has 2 aromatic heterocycles. The molecule has 5 nitrogen and oxygen atoms in total. The second-order valence-electron chi connectivity index (χ2n) is 3.94. The molecule has 92 valence electrons. The molecule has 0 saturated heterocycles. The summed E-state index contributed by atoms with van der Waals surface area (Å²) in [4.78, 5) is 4.32. The van der Waals surface area contributed by atoms with Crippen LogP contribution in [-0.2, 0) is 11.3 Å². The third kappa shape index (κ3) is 2.74. The van der Waals surface area contributed by atoms with Gasteiger partial charge in [-0.05, 0) is 20.8 Å². The third-order valence-electron chi connectivity index (χ3n) is 2.54. The molecule has 2 rings (SSSR count). The van der Waals surface area contributed by atoms with Crippen LogP contribution in [0.5, 0.6) is 0 Å². The van der Waals surface area contributed by atoms with Gasteiger partial charge in [0.15, 0.2) is 0 Å². The van der Waals surface area contributed by atoms with E-state index in [2.05, 4.69) is 10.1 Å². The van der Waals surface area contributed by atoms with Crippen molar-refractivity contribution in [3.8, 4) is 0 Å². The monoisotopic (exact) mass is 235 g/mol. The Kier molecular flexibility index (Phi) is 3.58. The summed E-state index contributed by atoms with van der Waals surface area (Å²) >= 11 is 0. The lowest BCUT2D eigenvalue weighted by Crippen LogP contribution is -2.10. The van der Waals surface area contributed by atoms with E-state index >= 15 is 0 Å². The molecule has 0 aliphatic carbocycles. The Labute approximate surface area is 100 Å². The summed E-state index contributed by atoms with van der Waals surface area (Å²) in [5.41, 5.74) is 0.894. The zero-order chi connectivity index (χ0) is 12.3. The highest BCUT2D eigenvalue weighted by molar-refractivity contribution is 5.07. The van der Waals surface area contributed by atoms with E-state index in [4.69, 9.17) is 9.26 Å². The Morgan fingerprint density at radius 1 is 1.53 bits per heavy atom. The summed E-state index contributed by atoms with van der Waals surface area (Å²) in [7, 11) is 0. The van der Waals surface area contributed by atoms with Crippen molar-refractivity contribution in [3.63, 3.8) is 0 Å². The number of hydrogen-bond donors (Lipinski definition) is 0. The third-order valence-corrected chi connectivity index (χ3v) is 2.54. The standard InChI is InChI=1S/C12H17N3O2/c1-4-16-10(3)12-13-5-6-15(12)8-11-7-9(2)17-14-11/h5-7,10H,4,8H2,1-3H3/t10-/m1/s1. The van der Waals surface area contributed by atoms with E-state index in [1.54, 1.807) is 6.20 Å². The van der Waals surface area contributed by atoms with Gasteiger partial charge in [-0.15, -0.1) is 0 Å². The van der Waals surface area contributed by atoms with Crippen molar-refractivity contribution in [1.29, 1.82) is 0 Å². The van der Waals surface area contributed by atoms with Gasteiger partial charge in [0.25, 0.3) is 0 Å². The fraction of sp³-hybridized carbons (Fsp3) is 0.500. The fourth-order valence-electron chi connectivity index (χ4n) is 1.80. The number of imidazole rings is 1. The number of rotatable bonds is 5. The molecule has 0 aliphatic rings. The number of nitrogens with zero attached hydrogens (tertiary/aromatic N) is 3. The molecule has 0 aromatic carbocycles. The minimum Gasteiger partial charge on any atom is -0.371 e. The van der Waals surface area contributed by atoms with Crippen LogP contribution in [0.15, 0.2) is 23.0 Å². The quantitative estimate of drug-likeness (QED) is 0.798. The highest BCUT2D eigenvalue weighted by Gasteiger charge is 2.13. The van der Waals surface area contributed by atoms with Gasteiger partial charge in [-0.1, -0.05) is 5.16 Å². The van der Waals surface area contributed by atoms with E-state index in [-0.39, 0.29) is 6.10 Å². The summed E-state index contributed by atoms with van der Waals surface area (Å²) in [6, 6.07) is 1.93. The molecule has 0 amide bonds. The van der Waals surface area contributed by atoms with Gasteiger partial charge < -0.3 is 13.8 Å². The first-order chi connectivity index (χ1) is 8.20. The summed E-state index contributed by atoms with van der Waals surface area (Å²) in [5, 5.41) is 3.97. The molecular formula is C12H17N3O2. The second kappa shape index (κ2) is 5.14. The maximum absolute atomic E-state index is 5.54. The Balaban J connectivity index is 2.13. The highest BCUT2D eigenvalue weighted by Crippen LogP contribution is 2.16. The van der Waals surface area contributed by atoms with Crippen molar-refractivity contribution in [2.24, 2.45) is 0 Å². The van der Waals surface area contributed by atoms with Crippen molar-refractivity contribution >= 4 is 0 Å². The highest BCUT2D eigenvalue weighted by atomic mass is 16.5. The van der Waals surface area contributed by atoms with Crippen LogP contribution >= 0.6 is 0 Å². The molecule has 0 radical (unpaired) electrons. The average molecular weight is 235 g/mol. The zero-order valence-corrected chi connectivity index (χ0v) is 10.4. The summed E-state index contributed by atoms with van der Waals surface area (Å²) in [6.45, 7) is 7.19. The van der Waals surface area contributed by atoms with E-state index in [1.807, 2.05) is 37.6 Å². The van der Waals surface area contributed by atoms with Crippen LogP contribution in [0.2, 0.25) is 0 Å². The normalized spacial score (nSPS) is 12.9. The lowest BCUT2D eigenvalue weighted by Gasteiger charge is -2.12. The number of ether oxygens (including phenoxy) is 1. The van der Waals surface area contributed by atoms with Gasteiger partial charge >= 0.3 is 0 Å². The molecule has 0 aliphatic heterocycles. The molecule has 2 aromatic rings. The summed E-state index contributed by atoms with van der Waals surface area (Å²) in [6.07, 6.45) is 3.69. The maximum Gasteiger partial charge on any atom is 0.137 e. The molecule has 2 heterocycles. The lowest BCUT2D eigenvalue weighted by atomic mass is 10.3. The van der Waals surface area contributed by atoms with Gasteiger partial charge in [-0.2, -0.15) is 0 Å². The second-order valence-corrected chi connectivity index (χ2v) is 3.94. The molecule has 0 saturated carbocycles. The van der Waals surface area contributed by atoms with Crippen LogP contribution in [0.25, 0.3) is 0 Å². The fourth-order valence-corrected chi connectivity index (χ4v) is 1.80. The van der Waals surface area contributed by atoms with E-state index < -0.39 is 0 Å². The molecule has 0 bridgehead atoms. The van der Waals surface area contributed by atoms with Crippen molar-refractivity contribution in [2.45, 2.75) is 33.4 Å². The largest absolute Gasteiger partial charge is 0.371 e. The van der Waals surface area contributed by atoms with Crippen molar-refractivity contribution in [3.05, 3.63) is 35.7 Å². The van der Waals surface area contributed by atoms with Crippen molar-refractivity contribution < 1.29 is 9.26 Å². The maximum atomic E-state index is 5.54. The van der Waals surface area contributed by atoms with E-state index in [9.17, 15) is 0 Å². The topological polar surface area (TPSA) is 53.1 Å². The Morgan fingerprint density at radius 2 is 2.35 bits per heavy atom. The van der Waals surface area contributed by atoms with Crippen LogP contribution in [-0.4, -0.2) is 21.3 Å². The Bertz CT molecular complexity index is 476. The number of aryl methyl sites for hydroxylation is 1. The van der Waals surface area contributed by atoms with Crippen LogP contribution in [0.1, 0.15) is 37.2 Å². The van der Waals surface area contributed by atoms with Crippen LogP contribution < -0.4 is 0 Å². The Morgan fingerprint density at radius 3 is 3.00 bits per heavy atom. The average Bonchev–Trinajstić information content (AvgIpc) is 2.89. The Hall–Kier alpha value is -1.62. The molecule has 0 unspecified atom stereocenters. The summed E-state index contributed by atoms with van der Waals surface area (Å²) in [5.74, 6) is 1.73. The molecule has 0 fully saturated rings. The first-order valence-electron chi connectivity index (χ1n) is 5.75. The number of aromatic nitrogens is 3. The molecule has 17 heavy (non-hydrogen) atoms. The van der Waals surface area contributed by atoms with E-state index in [1.165, 1.54) is 0 Å². The molecule has 1 atom stereocenters. The predicted octanol–water partition coefficient (Wildman–Crippen LogP) is 2.33. The SMILES string of the molecule is CCO[C@H](C)c1nccn1Cc1cc(C)on1. The van der Waals surface area contributed by atoms with Gasteiger partial charge in [0.05, 0.1) is 6.54 Å². The smallest absolute Gasteiger partial charge is 0.137 e. The molecular weight excluding hydrogens is 218 g/mol. The van der Waals surface area contributed by atoms with E-state index in [0.29, 0.717) is 13.2 Å². The predicted molar refractivity (Wildman–Crippen MR) is 62.6 cm³/mol. The van der Waals surface area contributed by atoms with Gasteiger partial charge in [0.1, 0.15) is 23.4 Å². The number of hydrogen-bond acceptors (Lipinski definition) is 4.